The van der Waals surface area contributed by atoms with Gasteiger partial charge in [-0.3, -0.25) is 4.90 Å². The molecule has 0 spiro atoms. The molecule has 0 aromatic heterocycles. The van der Waals surface area contributed by atoms with Crippen molar-refractivity contribution in [2.24, 2.45) is 0 Å². The number of hydrogen-bond acceptors (Lipinski definition) is 4. The second kappa shape index (κ2) is 9.51. The van der Waals surface area contributed by atoms with Crippen LogP contribution in [-0.2, 0) is 10.0 Å². The lowest BCUT2D eigenvalue weighted by Crippen LogP contribution is -2.66. The van der Waals surface area contributed by atoms with Crippen LogP contribution in [0.3, 0.4) is 0 Å². The highest BCUT2D eigenvalue weighted by atomic mass is 32.2. The van der Waals surface area contributed by atoms with Gasteiger partial charge in [-0.25, -0.2) is 8.42 Å². The average molecular weight is 491 g/mol. The van der Waals surface area contributed by atoms with Gasteiger partial charge in [0.2, 0.25) is 10.0 Å². The normalized spacial score (nSPS) is 23.7. The summed E-state index contributed by atoms with van der Waals surface area (Å²) >= 11 is 0. The summed E-state index contributed by atoms with van der Waals surface area (Å²) in [7, 11) is -3.60. The zero-order chi connectivity index (χ0) is 24.7. The van der Waals surface area contributed by atoms with Gasteiger partial charge < -0.3 is 5.11 Å². The number of benzene rings is 3. The zero-order valence-corrected chi connectivity index (χ0v) is 21.5. The highest BCUT2D eigenvalue weighted by molar-refractivity contribution is 7.89. The van der Waals surface area contributed by atoms with Gasteiger partial charge in [0, 0.05) is 31.6 Å². The van der Waals surface area contributed by atoms with Crippen LogP contribution in [0.15, 0.2) is 71.6 Å². The molecule has 2 saturated heterocycles. The largest absolute Gasteiger partial charge is 0.378 e. The van der Waals surface area contributed by atoms with Crippen LogP contribution in [0.25, 0.3) is 11.1 Å². The van der Waals surface area contributed by atoms with E-state index >= 15 is 0 Å². The van der Waals surface area contributed by atoms with Gasteiger partial charge in [-0.1, -0.05) is 60.7 Å². The Morgan fingerprint density at radius 3 is 2.26 bits per heavy atom. The molecule has 0 aliphatic carbocycles. The molecule has 2 aliphatic rings. The molecule has 2 heterocycles. The Balaban J connectivity index is 1.42. The molecule has 0 amide bonds. The van der Waals surface area contributed by atoms with Gasteiger partial charge in [0.05, 0.1) is 4.90 Å². The molecule has 3 aromatic rings. The Morgan fingerprint density at radius 1 is 0.829 bits per heavy atom. The molecule has 2 aliphatic heterocycles. The summed E-state index contributed by atoms with van der Waals surface area (Å²) in [6, 6.07) is 21.9. The lowest BCUT2D eigenvalue weighted by molar-refractivity contribution is -0.148. The molecule has 35 heavy (non-hydrogen) atoms. The maximum Gasteiger partial charge on any atom is 0.243 e. The summed E-state index contributed by atoms with van der Waals surface area (Å²) < 4.78 is 28.8. The third-order valence-corrected chi connectivity index (χ3v) is 9.91. The minimum atomic E-state index is -3.60. The summed E-state index contributed by atoms with van der Waals surface area (Å²) in [5.41, 5.74) is 6.73. The Kier molecular flexibility index (Phi) is 6.57. The van der Waals surface area contributed by atoms with Crippen LogP contribution in [0.4, 0.5) is 0 Å². The molecule has 0 radical (unpaired) electrons. The minimum absolute atomic E-state index is 0.0457. The van der Waals surface area contributed by atoms with Crippen molar-refractivity contribution in [1.82, 2.24) is 9.21 Å². The predicted octanol–water partition coefficient (Wildman–Crippen LogP) is 4.85. The standard InChI is InChI=1S/C29H34N2O3S/c1-20-10-8-11-25(22(20)3)23-13-15-24(16-14-23)28-26-19-30(17-6-7-18-31(26)29(28)32)35(33,34)27-12-5-4-9-21(27)2/h4-5,8-16,26,28-29,32H,6-7,17-19H2,1-3H3/t26-,28-,29+/m0/s1. The topological polar surface area (TPSA) is 60.9 Å². The Morgan fingerprint density at radius 2 is 1.51 bits per heavy atom. The van der Waals surface area contributed by atoms with E-state index in [0.29, 0.717) is 18.0 Å². The van der Waals surface area contributed by atoms with Gasteiger partial charge in [-0.15, -0.1) is 0 Å². The number of aliphatic hydroxyl groups is 1. The van der Waals surface area contributed by atoms with E-state index in [1.807, 2.05) is 19.1 Å². The number of aryl methyl sites for hydroxylation is 2. The smallest absolute Gasteiger partial charge is 0.243 e. The molecule has 0 unspecified atom stereocenters. The van der Waals surface area contributed by atoms with Gasteiger partial charge in [0.25, 0.3) is 0 Å². The molecule has 5 rings (SSSR count). The number of rotatable bonds is 4. The van der Waals surface area contributed by atoms with Crippen LogP contribution in [0.1, 0.15) is 41.0 Å². The summed E-state index contributed by atoms with van der Waals surface area (Å²) in [6.07, 6.45) is 1.06. The molecule has 0 saturated carbocycles. The van der Waals surface area contributed by atoms with E-state index in [-0.39, 0.29) is 12.0 Å². The van der Waals surface area contributed by atoms with Crippen molar-refractivity contribution in [3.05, 3.63) is 89.0 Å². The van der Waals surface area contributed by atoms with Gasteiger partial charge in [0.15, 0.2) is 0 Å². The second-order valence-electron chi connectivity index (χ2n) is 9.95. The number of hydrogen-bond donors (Lipinski definition) is 1. The number of sulfonamides is 1. The fourth-order valence-electron chi connectivity index (χ4n) is 5.65. The molecular formula is C29H34N2O3S. The van der Waals surface area contributed by atoms with E-state index in [4.69, 9.17) is 0 Å². The van der Waals surface area contributed by atoms with Crippen LogP contribution < -0.4 is 0 Å². The fourth-order valence-corrected chi connectivity index (χ4v) is 7.37. The molecule has 1 N–H and O–H groups in total. The average Bonchev–Trinajstić information content (AvgIpc) is 2.83. The first kappa shape index (κ1) is 24.2. The van der Waals surface area contributed by atoms with Crippen LogP contribution in [-0.4, -0.2) is 54.6 Å². The maximum atomic E-state index is 13.6. The van der Waals surface area contributed by atoms with Gasteiger partial charge in [-0.05, 0) is 73.1 Å². The van der Waals surface area contributed by atoms with E-state index in [1.54, 1.807) is 16.4 Å². The highest BCUT2D eigenvalue weighted by Crippen LogP contribution is 2.42. The molecule has 3 atom stereocenters. The Labute approximate surface area is 209 Å². The van der Waals surface area contributed by atoms with Crippen molar-refractivity contribution in [3.63, 3.8) is 0 Å². The molecule has 2 fully saturated rings. The molecule has 184 valence electrons. The highest BCUT2D eigenvalue weighted by Gasteiger charge is 2.50. The molecule has 3 aromatic carbocycles. The van der Waals surface area contributed by atoms with Crippen molar-refractivity contribution in [3.8, 4) is 11.1 Å². The summed E-state index contributed by atoms with van der Waals surface area (Å²) in [5, 5.41) is 11.0. The SMILES string of the molecule is Cc1ccccc1S(=O)(=O)N1CCCCN2[C@H](O)[C@@H](c3ccc(-c4cccc(C)c4C)cc3)[C@@H]2C1. The molecule has 0 bridgehead atoms. The van der Waals surface area contributed by atoms with Crippen LogP contribution >= 0.6 is 0 Å². The molecular weight excluding hydrogens is 456 g/mol. The monoisotopic (exact) mass is 490 g/mol. The van der Waals surface area contributed by atoms with Crippen LogP contribution in [0, 0.1) is 20.8 Å². The summed E-state index contributed by atoms with van der Waals surface area (Å²) in [4.78, 5) is 2.45. The van der Waals surface area contributed by atoms with Gasteiger partial charge in [0.1, 0.15) is 6.23 Å². The fraction of sp³-hybridized carbons (Fsp3) is 0.379. The summed E-state index contributed by atoms with van der Waals surface area (Å²) in [5.74, 6) is -0.115. The first-order valence-electron chi connectivity index (χ1n) is 12.4. The van der Waals surface area contributed by atoms with Crippen molar-refractivity contribution in [1.29, 1.82) is 0 Å². The van der Waals surface area contributed by atoms with Crippen LogP contribution in [0.2, 0.25) is 0 Å². The third-order valence-electron chi connectivity index (χ3n) is 7.89. The second-order valence-corrected chi connectivity index (χ2v) is 11.9. The Hall–Kier alpha value is -2.51. The van der Waals surface area contributed by atoms with E-state index < -0.39 is 16.3 Å². The first-order chi connectivity index (χ1) is 16.8. The first-order valence-corrected chi connectivity index (χ1v) is 13.9. The quantitative estimate of drug-likeness (QED) is 0.568. The Bertz CT molecular complexity index is 1320. The summed E-state index contributed by atoms with van der Waals surface area (Å²) in [6.45, 7) is 7.80. The van der Waals surface area contributed by atoms with Gasteiger partial charge in [-0.2, -0.15) is 4.31 Å². The van der Waals surface area contributed by atoms with Crippen molar-refractivity contribution in [2.45, 2.75) is 56.7 Å². The number of nitrogens with zero attached hydrogens (tertiary/aromatic N) is 2. The van der Waals surface area contributed by atoms with E-state index in [9.17, 15) is 13.5 Å². The zero-order valence-electron chi connectivity index (χ0n) is 20.7. The van der Waals surface area contributed by atoms with Crippen molar-refractivity contribution < 1.29 is 13.5 Å². The third kappa shape index (κ3) is 4.33. The molecule has 6 heteroatoms. The predicted molar refractivity (Wildman–Crippen MR) is 140 cm³/mol. The van der Waals surface area contributed by atoms with E-state index in [0.717, 1.165) is 36.1 Å². The number of aliphatic hydroxyl groups excluding tert-OH is 1. The maximum absolute atomic E-state index is 13.6. The lowest BCUT2D eigenvalue weighted by atomic mass is 9.79. The lowest BCUT2D eigenvalue weighted by Gasteiger charge is -2.55. The van der Waals surface area contributed by atoms with Crippen molar-refractivity contribution in [2.75, 3.05) is 19.6 Å². The van der Waals surface area contributed by atoms with E-state index in [1.165, 1.54) is 16.7 Å². The minimum Gasteiger partial charge on any atom is -0.378 e. The number of fused-ring (bicyclic) bond motifs is 1. The van der Waals surface area contributed by atoms with Gasteiger partial charge >= 0.3 is 0 Å². The molecule has 5 nitrogen and oxygen atoms in total. The van der Waals surface area contributed by atoms with E-state index in [2.05, 4.69) is 61.2 Å². The van der Waals surface area contributed by atoms with Crippen molar-refractivity contribution >= 4 is 10.0 Å². The van der Waals surface area contributed by atoms with Crippen LogP contribution in [0.5, 0.6) is 0 Å².